The average molecular weight is 434 g/mol. The van der Waals surface area contributed by atoms with Crippen LogP contribution in [0.15, 0.2) is 69.2 Å². The van der Waals surface area contributed by atoms with E-state index in [0.29, 0.717) is 10.6 Å². The largest absolute Gasteiger partial charge is 0.507 e. The van der Waals surface area contributed by atoms with Gasteiger partial charge in [-0.1, -0.05) is 42.1 Å². The molecule has 5 rings (SSSR count). The average Bonchev–Trinajstić information content (AvgIpc) is 3.38. The third kappa shape index (κ3) is 3.22. The van der Waals surface area contributed by atoms with Gasteiger partial charge in [-0.3, -0.25) is 9.59 Å². The van der Waals surface area contributed by atoms with E-state index in [1.54, 1.807) is 0 Å². The van der Waals surface area contributed by atoms with Crippen molar-refractivity contribution < 1.29 is 24.2 Å². The number of carboxylic acids is 1. The number of fused-ring (bicyclic) bond motifs is 4. The van der Waals surface area contributed by atoms with Gasteiger partial charge in [0, 0.05) is 16.8 Å². The van der Waals surface area contributed by atoms with Crippen molar-refractivity contribution in [3.63, 3.8) is 0 Å². The molecule has 154 valence electrons. The van der Waals surface area contributed by atoms with E-state index in [-0.39, 0.29) is 17.0 Å². The molecule has 0 bridgehead atoms. The Labute approximate surface area is 178 Å². The predicted octanol–water partition coefficient (Wildman–Crippen LogP) is 3.30. The van der Waals surface area contributed by atoms with Gasteiger partial charge in [0.1, 0.15) is 40.4 Å². The Balaban J connectivity index is 1.59. The van der Waals surface area contributed by atoms with Gasteiger partial charge in [-0.2, -0.15) is 5.10 Å². The Kier molecular flexibility index (Phi) is 4.48. The second-order valence-electron chi connectivity index (χ2n) is 6.65. The highest BCUT2D eigenvalue weighted by atomic mass is 32.2. The lowest BCUT2D eigenvalue weighted by molar-refractivity contribution is -0.135. The molecule has 10 heteroatoms. The number of furan rings is 1. The molecule has 0 aliphatic rings. The van der Waals surface area contributed by atoms with Gasteiger partial charge in [-0.25, -0.2) is 9.50 Å². The Morgan fingerprint density at radius 1 is 1.13 bits per heavy atom. The first-order valence-corrected chi connectivity index (χ1v) is 9.98. The number of nitrogens with one attached hydrogen (secondary N) is 1. The van der Waals surface area contributed by atoms with E-state index in [9.17, 15) is 14.7 Å². The zero-order valence-electron chi connectivity index (χ0n) is 15.8. The molecule has 9 nitrogen and oxygen atoms in total. The van der Waals surface area contributed by atoms with Crippen molar-refractivity contribution in [2.45, 2.75) is 9.92 Å². The SMILES string of the molecule is O=C(O)CNC(=O)c1c(O)cc(Sc2cccc3c2oc2ccccc23)n2ncnc12. The van der Waals surface area contributed by atoms with E-state index < -0.39 is 18.4 Å². The Bertz CT molecular complexity index is 1490. The number of carbonyl (C=O) groups is 2. The van der Waals surface area contributed by atoms with E-state index >= 15 is 0 Å². The first kappa shape index (κ1) is 18.9. The Morgan fingerprint density at radius 2 is 1.94 bits per heavy atom. The molecule has 2 aromatic carbocycles. The summed E-state index contributed by atoms with van der Waals surface area (Å²) >= 11 is 1.30. The molecule has 0 aliphatic carbocycles. The normalized spacial score (nSPS) is 11.4. The Hall–Kier alpha value is -4.05. The smallest absolute Gasteiger partial charge is 0.322 e. The van der Waals surface area contributed by atoms with Crippen molar-refractivity contribution in [3.8, 4) is 5.75 Å². The fraction of sp³-hybridized carbons (Fsp3) is 0.0476. The number of rotatable bonds is 5. The van der Waals surface area contributed by atoms with E-state index in [2.05, 4.69) is 15.4 Å². The van der Waals surface area contributed by atoms with Gasteiger partial charge in [-0.15, -0.1) is 0 Å². The summed E-state index contributed by atoms with van der Waals surface area (Å²) in [5.41, 5.74) is 1.43. The molecule has 3 aromatic heterocycles. The maximum atomic E-state index is 12.4. The maximum Gasteiger partial charge on any atom is 0.322 e. The molecule has 0 unspecified atom stereocenters. The number of aliphatic carboxylic acids is 1. The summed E-state index contributed by atoms with van der Waals surface area (Å²) in [7, 11) is 0. The number of hydrogen-bond donors (Lipinski definition) is 3. The van der Waals surface area contributed by atoms with E-state index in [1.165, 1.54) is 28.7 Å². The highest BCUT2D eigenvalue weighted by molar-refractivity contribution is 7.99. The van der Waals surface area contributed by atoms with Crippen LogP contribution in [0.1, 0.15) is 10.4 Å². The van der Waals surface area contributed by atoms with E-state index in [0.717, 1.165) is 21.3 Å². The number of benzene rings is 2. The molecule has 1 amide bonds. The van der Waals surface area contributed by atoms with Crippen molar-refractivity contribution in [1.29, 1.82) is 0 Å². The van der Waals surface area contributed by atoms with Crippen molar-refractivity contribution >= 4 is 51.2 Å². The highest BCUT2D eigenvalue weighted by Crippen LogP contribution is 2.39. The van der Waals surface area contributed by atoms with Gasteiger partial charge >= 0.3 is 5.97 Å². The quantitative estimate of drug-likeness (QED) is 0.384. The van der Waals surface area contributed by atoms with Crippen molar-refractivity contribution in [1.82, 2.24) is 19.9 Å². The van der Waals surface area contributed by atoms with E-state index in [4.69, 9.17) is 9.52 Å². The zero-order valence-corrected chi connectivity index (χ0v) is 16.6. The van der Waals surface area contributed by atoms with Gasteiger partial charge in [0.05, 0.1) is 4.90 Å². The Morgan fingerprint density at radius 3 is 2.77 bits per heavy atom. The molecule has 5 aromatic rings. The van der Waals surface area contributed by atoms with Crippen LogP contribution >= 0.6 is 11.8 Å². The lowest BCUT2D eigenvalue weighted by Gasteiger charge is -2.10. The number of carboxylic acid groups (broad SMARTS) is 1. The van der Waals surface area contributed by atoms with Crippen LogP contribution in [0.25, 0.3) is 27.6 Å². The molecule has 0 radical (unpaired) electrons. The summed E-state index contributed by atoms with van der Waals surface area (Å²) < 4.78 is 7.47. The molecule has 0 atom stereocenters. The molecule has 0 spiro atoms. The monoisotopic (exact) mass is 434 g/mol. The van der Waals surface area contributed by atoms with Crippen LogP contribution in [0.5, 0.6) is 5.75 Å². The lowest BCUT2D eigenvalue weighted by Crippen LogP contribution is -2.29. The number of aromatic hydroxyl groups is 1. The summed E-state index contributed by atoms with van der Waals surface area (Å²) in [5.74, 6) is -2.28. The molecule has 0 fully saturated rings. The second kappa shape index (κ2) is 7.33. The van der Waals surface area contributed by atoms with Crippen molar-refractivity contribution in [2.75, 3.05) is 6.54 Å². The van der Waals surface area contributed by atoms with Crippen LogP contribution in [0.2, 0.25) is 0 Å². The van der Waals surface area contributed by atoms with Gasteiger partial charge in [0.25, 0.3) is 5.91 Å². The fourth-order valence-corrected chi connectivity index (χ4v) is 4.39. The predicted molar refractivity (Wildman–Crippen MR) is 112 cm³/mol. The molecule has 0 saturated carbocycles. The number of para-hydroxylation sites is 2. The number of pyridine rings is 1. The molecule has 3 heterocycles. The lowest BCUT2D eigenvalue weighted by atomic mass is 10.1. The minimum atomic E-state index is -1.20. The molecular weight excluding hydrogens is 420 g/mol. The van der Waals surface area contributed by atoms with Crippen LogP contribution in [0.3, 0.4) is 0 Å². The molecule has 0 aliphatic heterocycles. The number of amides is 1. The first-order chi connectivity index (χ1) is 15.0. The third-order valence-corrected chi connectivity index (χ3v) is 5.75. The summed E-state index contributed by atoms with van der Waals surface area (Å²) in [4.78, 5) is 28.0. The van der Waals surface area contributed by atoms with E-state index in [1.807, 2.05) is 42.5 Å². The minimum Gasteiger partial charge on any atom is -0.507 e. The highest BCUT2D eigenvalue weighted by Gasteiger charge is 2.22. The van der Waals surface area contributed by atoms with Crippen LogP contribution in [-0.2, 0) is 4.79 Å². The summed E-state index contributed by atoms with van der Waals surface area (Å²) in [6, 6.07) is 14.9. The second-order valence-corrected chi connectivity index (χ2v) is 7.71. The fourth-order valence-electron chi connectivity index (χ4n) is 3.39. The summed E-state index contributed by atoms with van der Waals surface area (Å²) in [6.45, 7) is -0.580. The summed E-state index contributed by atoms with van der Waals surface area (Å²) in [5, 5.41) is 28.2. The van der Waals surface area contributed by atoms with Gasteiger partial charge in [-0.05, 0) is 12.1 Å². The van der Waals surface area contributed by atoms with Crippen LogP contribution in [-0.4, -0.2) is 43.2 Å². The zero-order chi connectivity index (χ0) is 21.5. The van der Waals surface area contributed by atoms with Gasteiger partial charge in [0.2, 0.25) is 0 Å². The molecular formula is C21H14N4O5S. The number of carbonyl (C=O) groups excluding carboxylic acids is 1. The molecule has 3 N–H and O–H groups in total. The van der Waals surface area contributed by atoms with Crippen LogP contribution in [0.4, 0.5) is 0 Å². The minimum absolute atomic E-state index is 0.113. The van der Waals surface area contributed by atoms with Gasteiger partial charge < -0.3 is 19.9 Å². The van der Waals surface area contributed by atoms with Crippen molar-refractivity contribution in [2.24, 2.45) is 0 Å². The van der Waals surface area contributed by atoms with Crippen LogP contribution < -0.4 is 5.32 Å². The standard InChI is InChI=1S/C21H14N4O5S/c26-13-8-16(25-20(23-10-24-25)18(13)21(29)22-9-17(27)28)31-15-7-3-5-12-11-4-1-2-6-14(11)30-19(12)15/h1-8,10,26H,9H2,(H,22,29)(H,27,28). The summed E-state index contributed by atoms with van der Waals surface area (Å²) in [6.07, 6.45) is 1.26. The number of hydrogen-bond acceptors (Lipinski definition) is 7. The third-order valence-electron chi connectivity index (χ3n) is 4.71. The van der Waals surface area contributed by atoms with Gasteiger partial charge in [0.15, 0.2) is 5.65 Å². The topological polar surface area (TPSA) is 130 Å². The maximum absolute atomic E-state index is 12.4. The van der Waals surface area contributed by atoms with Crippen molar-refractivity contribution in [3.05, 3.63) is 60.4 Å². The number of nitrogens with zero attached hydrogens (tertiary/aromatic N) is 3. The van der Waals surface area contributed by atoms with Crippen LogP contribution in [0, 0.1) is 0 Å². The molecule has 31 heavy (non-hydrogen) atoms. The molecule has 0 saturated heterocycles. The number of aromatic nitrogens is 3. The first-order valence-electron chi connectivity index (χ1n) is 9.17.